The monoisotopic (exact) mass is 378 g/mol. The Labute approximate surface area is 164 Å². The number of benzene rings is 3. The smallest absolute Gasteiger partial charge is 0.255 e. The quantitative estimate of drug-likeness (QED) is 0.623. The molecule has 3 rings (SSSR count). The van der Waals surface area contributed by atoms with Crippen LogP contribution in [0, 0.1) is 0 Å². The summed E-state index contributed by atoms with van der Waals surface area (Å²) < 4.78 is 15.7. The van der Waals surface area contributed by atoms with Gasteiger partial charge in [0.25, 0.3) is 5.91 Å². The fourth-order valence-corrected chi connectivity index (χ4v) is 2.64. The Hall–Kier alpha value is -3.67. The van der Waals surface area contributed by atoms with Gasteiger partial charge in [0.15, 0.2) is 0 Å². The molecule has 1 amide bonds. The van der Waals surface area contributed by atoms with Crippen LogP contribution in [0.3, 0.4) is 0 Å². The number of anilines is 3. The van der Waals surface area contributed by atoms with Crippen LogP contribution in [0.2, 0.25) is 0 Å². The summed E-state index contributed by atoms with van der Waals surface area (Å²) in [6, 6.07) is 19.9. The normalized spacial score (nSPS) is 10.1. The Kier molecular flexibility index (Phi) is 6.01. The lowest BCUT2D eigenvalue weighted by Gasteiger charge is -2.13. The van der Waals surface area contributed by atoms with Crippen molar-refractivity contribution in [2.45, 2.75) is 0 Å². The summed E-state index contributed by atoms with van der Waals surface area (Å²) in [6.45, 7) is 0. The van der Waals surface area contributed by atoms with Gasteiger partial charge in [-0.05, 0) is 60.7 Å². The van der Waals surface area contributed by atoms with Crippen LogP contribution in [0.15, 0.2) is 66.7 Å². The summed E-state index contributed by atoms with van der Waals surface area (Å²) in [7, 11) is 4.81. The fraction of sp³-hybridized carbons (Fsp3) is 0.136. The van der Waals surface area contributed by atoms with Gasteiger partial charge < -0.3 is 24.8 Å². The van der Waals surface area contributed by atoms with Crippen molar-refractivity contribution in [2.24, 2.45) is 0 Å². The summed E-state index contributed by atoms with van der Waals surface area (Å²) in [4.78, 5) is 12.3. The van der Waals surface area contributed by atoms with E-state index in [9.17, 15) is 4.79 Å². The number of nitrogens with one attached hydrogen (secondary N) is 2. The number of carbonyl (C=O) groups is 1. The van der Waals surface area contributed by atoms with Crippen LogP contribution in [0.4, 0.5) is 17.1 Å². The summed E-state index contributed by atoms with van der Waals surface area (Å²) in [5.41, 5.74) is 2.95. The molecule has 0 atom stereocenters. The first-order chi connectivity index (χ1) is 13.6. The van der Waals surface area contributed by atoms with Gasteiger partial charge in [0, 0.05) is 23.0 Å². The van der Waals surface area contributed by atoms with E-state index in [0.717, 1.165) is 17.1 Å². The zero-order valence-corrected chi connectivity index (χ0v) is 16.0. The highest BCUT2D eigenvalue weighted by atomic mass is 16.5. The molecule has 144 valence electrons. The molecule has 3 aromatic rings. The van der Waals surface area contributed by atoms with Crippen LogP contribution in [-0.4, -0.2) is 27.2 Å². The first-order valence-corrected chi connectivity index (χ1v) is 8.67. The van der Waals surface area contributed by atoms with Crippen molar-refractivity contribution >= 4 is 23.0 Å². The molecular weight excluding hydrogens is 356 g/mol. The zero-order chi connectivity index (χ0) is 19.9. The van der Waals surface area contributed by atoms with E-state index in [1.807, 2.05) is 42.5 Å². The van der Waals surface area contributed by atoms with Crippen molar-refractivity contribution in [3.05, 3.63) is 72.3 Å². The highest BCUT2D eigenvalue weighted by Gasteiger charge is 2.08. The minimum atomic E-state index is -0.180. The van der Waals surface area contributed by atoms with Gasteiger partial charge in [0.1, 0.15) is 17.2 Å². The van der Waals surface area contributed by atoms with Crippen LogP contribution in [-0.2, 0) is 0 Å². The maximum Gasteiger partial charge on any atom is 0.255 e. The Bertz CT molecular complexity index is 938. The third kappa shape index (κ3) is 4.54. The highest BCUT2D eigenvalue weighted by molar-refractivity contribution is 6.04. The molecule has 0 aliphatic rings. The first kappa shape index (κ1) is 19.1. The second-order valence-electron chi connectivity index (χ2n) is 5.95. The average molecular weight is 378 g/mol. The summed E-state index contributed by atoms with van der Waals surface area (Å²) in [5, 5.41) is 6.17. The van der Waals surface area contributed by atoms with E-state index < -0.39 is 0 Å². The van der Waals surface area contributed by atoms with Crippen LogP contribution in [0.1, 0.15) is 10.4 Å². The molecule has 0 unspecified atom stereocenters. The second-order valence-corrected chi connectivity index (χ2v) is 5.95. The maximum atomic E-state index is 12.3. The molecule has 0 aromatic heterocycles. The second kappa shape index (κ2) is 8.81. The molecule has 6 heteroatoms. The highest BCUT2D eigenvalue weighted by Crippen LogP contribution is 2.31. The molecule has 2 N–H and O–H groups in total. The Balaban J connectivity index is 1.67. The number of hydrogen-bond donors (Lipinski definition) is 2. The number of hydrogen-bond acceptors (Lipinski definition) is 5. The van der Waals surface area contributed by atoms with Gasteiger partial charge in [-0.1, -0.05) is 0 Å². The molecule has 0 fully saturated rings. The van der Waals surface area contributed by atoms with Gasteiger partial charge >= 0.3 is 0 Å². The standard InChI is InChI=1S/C22H22N2O4/c1-26-18-10-4-15(5-11-18)22(25)24-17-8-6-16(7-9-17)23-20-13-12-19(27-2)14-21(20)28-3/h4-14,23H,1-3H3,(H,24,25). The molecule has 3 aromatic carbocycles. The predicted molar refractivity (Wildman–Crippen MR) is 110 cm³/mol. The molecule has 0 saturated carbocycles. The molecule has 6 nitrogen and oxygen atoms in total. The van der Waals surface area contributed by atoms with Crippen molar-refractivity contribution in [2.75, 3.05) is 32.0 Å². The molecule has 0 spiro atoms. The van der Waals surface area contributed by atoms with Crippen molar-refractivity contribution in [1.29, 1.82) is 0 Å². The Morgan fingerprint density at radius 3 is 1.93 bits per heavy atom. The van der Waals surface area contributed by atoms with Crippen molar-refractivity contribution in [1.82, 2.24) is 0 Å². The van der Waals surface area contributed by atoms with Crippen molar-refractivity contribution < 1.29 is 19.0 Å². The number of ether oxygens (including phenoxy) is 3. The van der Waals surface area contributed by atoms with E-state index in [0.29, 0.717) is 22.7 Å². The molecule has 0 heterocycles. The Morgan fingerprint density at radius 1 is 0.714 bits per heavy atom. The first-order valence-electron chi connectivity index (χ1n) is 8.67. The fourth-order valence-electron chi connectivity index (χ4n) is 2.64. The van der Waals surface area contributed by atoms with Gasteiger partial charge in [-0.2, -0.15) is 0 Å². The molecular formula is C22H22N2O4. The van der Waals surface area contributed by atoms with Gasteiger partial charge in [0.2, 0.25) is 0 Å². The van der Waals surface area contributed by atoms with E-state index in [1.54, 1.807) is 45.6 Å². The third-order valence-electron chi connectivity index (χ3n) is 4.18. The van der Waals surface area contributed by atoms with Crippen LogP contribution >= 0.6 is 0 Å². The van der Waals surface area contributed by atoms with E-state index in [2.05, 4.69) is 10.6 Å². The molecule has 0 aliphatic heterocycles. The van der Waals surface area contributed by atoms with E-state index >= 15 is 0 Å². The number of rotatable bonds is 7. The molecule has 0 saturated heterocycles. The lowest BCUT2D eigenvalue weighted by molar-refractivity contribution is 0.102. The summed E-state index contributed by atoms with van der Waals surface area (Å²) in [6.07, 6.45) is 0. The predicted octanol–water partition coefficient (Wildman–Crippen LogP) is 4.71. The number of methoxy groups -OCH3 is 3. The molecule has 0 aliphatic carbocycles. The van der Waals surface area contributed by atoms with E-state index in [1.165, 1.54) is 0 Å². The Morgan fingerprint density at radius 2 is 1.32 bits per heavy atom. The summed E-state index contributed by atoms with van der Waals surface area (Å²) in [5.74, 6) is 1.93. The SMILES string of the molecule is COc1ccc(C(=O)Nc2ccc(Nc3ccc(OC)cc3OC)cc2)cc1. The number of carbonyl (C=O) groups excluding carboxylic acids is 1. The minimum Gasteiger partial charge on any atom is -0.497 e. The van der Waals surface area contributed by atoms with Crippen molar-refractivity contribution in [3.63, 3.8) is 0 Å². The van der Waals surface area contributed by atoms with Crippen LogP contribution in [0.5, 0.6) is 17.2 Å². The average Bonchev–Trinajstić information content (AvgIpc) is 2.75. The lowest BCUT2D eigenvalue weighted by atomic mass is 10.2. The van der Waals surface area contributed by atoms with Gasteiger partial charge in [-0.15, -0.1) is 0 Å². The third-order valence-corrected chi connectivity index (χ3v) is 4.18. The van der Waals surface area contributed by atoms with Gasteiger partial charge in [0.05, 0.1) is 27.0 Å². The van der Waals surface area contributed by atoms with Gasteiger partial charge in [-0.25, -0.2) is 0 Å². The molecule has 28 heavy (non-hydrogen) atoms. The largest absolute Gasteiger partial charge is 0.497 e. The maximum absolute atomic E-state index is 12.3. The minimum absolute atomic E-state index is 0.180. The summed E-state index contributed by atoms with van der Waals surface area (Å²) >= 11 is 0. The van der Waals surface area contributed by atoms with E-state index in [-0.39, 0.29) is 5.91 Å². The molecule has 0 radical (unpaired) electrons. The van der Waals surface area contributed by atoms with Crippen molar-refractivity contribution in [3.8, 4) is 17.2 Å². The van der Waals surface area contributed by atoms with E-state index in [4.69, 9.17) is 14.2 Å². The van der Waals surface area contributed by atoms with Crippen LogP contribution in [0.25, 0.3) is 0 Å². The number of amides is 1. The zero-order valence-electron chi connectivity index (χ0n) is 16.0. The van der Waals surface area contributed by atoms with Gasteiger partial charge in [-0.3, -0.25) is 4.79 Å². The lowest BCUT2D eigenvalue weighted by Crippen LogP contribution is -2.11. The van der Waals surface area contributed by atoms with Crippen LogP contribution < -0.4 is 24.8 Å². The topological polar surface area (TPSA) is 68.8 Å². The molecule has 0 bridgehead atoms.